The van der Waals surface area contributed by atoms with Crippen molar-refractivity contribution in [3.05, 3.63) is 103 Å². The molecule has 0 aliphatic rings. The van der Waals surface area contributed by atoms with Crippen molar-refractivity contribution in [2.24, 2.45) is 0 Å². The van der Waals surface area contributed by atoms with E-state index in [1.807, 2.05) is 0 Å². The predicted molar refractivity (Wildman–Crippen MR) is 116 cm³/mol. The third-order valence-electron chi connectivity index (χ3n) is 5.56. The molecule has 0 radical (unpaired) electrons. The van der Waals surface area contributed by atoms with Crippen LogP contribution in [0, 0.1) is 0 Å². The molecule has 0 unspecified atom stereocenters. The first-order chi connectivity index (χ1) is 13.4. The molecule has 0 bridgehead atoms. The van der Waals surface area contributed by atoms with Crippen LogP contribution in [-0.2, 0) is 0 Å². The minimum Gasteiger partial charge on any atom is -0.309 e. The van der Waals surface area contributed by atoms with E-state index in [1.54, 1.807) is 0 Å². The second-order valence-corrected chi connectivity index (χ2v) is 7.00. The summed E-state index contributed by atoms with van der Waals surface area (Å²) in [5.41, 5.74) is 3.74. The minimum absolute atomic E-state index is 1.20. The molecule has 126 valence electrons. The van der Waals surface area contributed by atoms with Crippen LogP contribution in [0.1, 0.15) is 0 Å². The lowest BCUT2D eigenvalue weighted by Crippen LogP contribution is -1.94. The molecule has 5 aromatic carbocycles. The Morgan fingerprint density at radius 1 is 0.407 bits per heavy atom. The molecule has 0 aliphatic heterocycles. The molecule has 0 spiro atoms. The Balaban J connectivity index is 2.02. The molecule has 0 N–H and O–H groups in total. The normalized spacial score (nSPS) is 11.7. The Labute approximate surface area is 157 Å². The fraction of sp³-hybridized carbons (Fsp3) is 0. The highest BCUT2D eigenvalue weighted by Gasteiger charge is 2.17. The van der Waals surface area contributed by atoms with Gasteiger partial charge in [-0.2, -0.15) is 0 Å². The highest BCUT2D eigenvalue weighted by atomic mass is 15.0. The van der Waals surface area contributed by atoms with Crippen molar-refractivity contribution in [2.75, 3.05) is 0 Å². The predicted octanol–water partition coefficient (Wildman–Crippen LogP) is 7.09. The standard InChI is InChI=1S/C26H17N/c1-2-10-18(11-3-1)27-24-17-9-8-16-23(24)25-21-14-6-4-12-19(21)20-13-5-7-15-22(20)26(25)27/h1-17H. The van der Waals surface area contributed by atoms with E-state index in [9.17, 15) is 0 Å². The topological polar surface area (TPSA) is 4.93 Å². The van der Waals surface area contributed by atoms with Gasteiger partial charge in [-0.05, 0) is 34.4 Å². The highest BCUT2D eigenvalue weighted by Crippen LogP contribution is 2.41. The molecule has 0 fully saturated rings. The van der Waals surface area contributed by atoms with Crippen molar-refractivity contribution in [2.45, 2.75) is 0 Å². The fourth-order valence-electron chi connectivity index (χ4n) is 4.47. The average Bonchev–Trinajstić information content (AvgIpc) is 3.10. The van der Waals surface area contributed by atoms with Gasteiger partial charge in [-0.3, -0.25) is 0 Å². The summed E-state index contributed by atoms with van der Waals surface area (Å²) in [6, 6.07) is 37.0. The van der Waals surface area contributed by atoms with Crippen LogP contribution < -0.4 is 0 Å². The summed E-state index contributed by atoms with van der Waals surface area (Å²) in [6.07, 6.45) is 0. The SMILES string of the molecule is c1ccc(-n2c3ccccc3c3c4ccccc4c4ccccc4c32)cc1. The molecule has 27 heavy (non-hydrogen) atoms. The molecule has 0 saturated heterocycles. The number of aromatic nitrogens is 1. The number of hydrogen-bond acceptors (Lipinski definition) is 0. The Morgan fingerprint density at radius 3 is 1.67 bits per heavy atom. The lowest BCUT2D eigenvalue weighted by atomic mass is 9.97. The summed E-state index contributed by atoms with van der Waals surface area (Å²) in [5, 5.41) is 7.88. The van der Waals surface area contributed by atoms with Gasteiger partial charge in [0.2, 0.25) is 0 Å². The van der Waals surface area contributed by atoms with Gasteiger partial charge in [-0.1, -0.05) is 84.9 Å². The molecule has 1 heteroatoms. The van der Waals surface area contributed by atoms with Crippen LogP contribution in [0.5, 0.6) is 0 Å². The molecule has 1 heterocycles. The lowest BCUT2D eigenvalue weighted by Gasteiger charge is -2.12. The van der Waals surface area contributed by atoms with Crippen molar-refractivity contribution in [3.8, 4) is 5.69 Å². The highest BCUT2D eigenvalue weighted by molar-refractivity contribution is 6.32. The fourth-order valence-corrected chi connectivity index (χ4v) is 4.47. The summed E-state index contributed by atoms with van der Waals surface area (Å²) >= 11 is 0. The Morgan fingerprint density at radius 2 is 0.926 bits per heavy atom. The third-order valence-corrected chi connectivity index (χ3v) is 5.56. The molecule has 6 aromatic rings. The van der Waals surface area contributed by atoms with E-state index in [0.29, 0.717) is 0 Å². The number of fused-ring (bicyclic) bond motifs is 8. The van der Waals surface area contributed by atoms with Gasteiger partial charge in [-0.15, -0.1) is 0 Å². The van der Waals surface area contributed by atoms with Gasteiger partial charge >= 0.3 is 0 Å². The second-order valence-electron chi connectivity index (χ2n) is 7.00. The second kappa shape index (κ2) is 5.46. The average molecular weight is 343 g/mol. The molecular formula is C26H17N. The van der Waals surface area contributed by atoms with Crippen LogP contribution in [0.2, 0.25) is 0 Å². The number of rotatable bonds is 1. The molecule has 1 nitrogen and oxygen atoms in total. The minimum atomic E-state index is 1.20. The van der Waals surface area contributed by atoms with E-state index in [0.717, 1.165) is 0 Å². The van der Waals surface area contributed by atoms with Gasteiger partial charge in [0.05, 0.1) is 11.0 Å². The third kappa shape index (κ3) is 1.94. The van der Waals surface area contributed by atoms with E-state index in [4.69, 9.17) is 0 Å². The lowest BCUT2D eigenvalue weighted by molar-refractivity contribution is 1.19. The molecule has 1 aromatic heterocycles. The van der Waals surface area contributed by atoms with Crippen LogP contribution in [0.3, 0.4) is 0 Å². The van der Waals surface area contributed by atoms with Crippen LogP contribution in [0.15, 0.2) is 103 Å². The molecule has 0 aliphatic carbocycles. The largest absolute Gasteiger partial charge is 0.309 e. The monoisotopic (exact) mass is 343 g/mol. The molecule has 6 rings (SSSR count). The Kier molecular flexibility index (Phi) is 2.95. The molecule has 0 saturated carbocycles. The maximum atomic E-state index is 2.42. The number of nitrogens with zero attached hydrogens (tertiary/aromatic N) is 1. The Bertz CT molecular complexity index is 1460. The van der Waals surface area contributed by atoms with Crippen LogP contribution in [-0.4, -0.2) is 4.57 Å². The van der Waals surface area contributed by atoms with Crippen LogP contribution >= 0.6 is 0 Å². The first-order valence-electron chi connectivity index (χ1n) is 9.31. The smallest absolute Gasteiger partial charge is 0.0625 e. The van der Waals surface area contributed by atoms with E-state index >= 15 is 0 Å². The van der Waals surface area contributed by atoms with Crippen molar-refractivity contribution in [3.63, 3.8) is 0 Å². The van der Waals surface area contributed by atoms with Crippen molar-refractivity contribution >= 4 is 43.4 Å². The zero-order valence-corrected chi connectivity index (χ0v) is 14.8. The van der Waals surface area contributed by atoms with E-state index in [1.165, 1.54) is 49.0 Å². The van der Waals surface area contributed by atoms with E-state index in [-0.39, 0.29) is 0 Å². The van der Waals surface area contributed by atoms with Crippen LogP contribution in [0.4, 0.5) is 0 Å². The van der Waals surface area contributed by atoms with Crippen LogP contribution in [0.25, 0.3) is 49.0 Å². The van der Waals surface area contributed by atoms with Gasteiger partial charge in [0.1, 0.15) is 0 Å². The quantitative estimate of drug-likeness (QED) is 0.281. The van der Waals surface area contributed by atoms with Gasteiger partial charge in [0.25, 0.3) is 0 Å². The number of benzene rings is 5. The summed E-state index contributed by atoms with van der Waals surface area (Å²) in [4.78, 5) is 0. The summed E-state index contributed by atoms with van der Waals surface area (Å²) in [6.45, 7) is 0. The van der Waals surface area contributed by atoms with Crippen molar-refractivity contribution in [1.29, 1.82) is 0 Å². The summed E-state index contributed by atoms with van der Waals surface area (Å²) in [7, 11) is 0. The zero-order valence-electron chi connectivity index (χ0n) is 14.8. The molecular weight excluding hydrogens is 326 g/mol. The maximum absolute atomic E-state index is 2.42. The van der Waals surface area contributed by atoms with Crippen molar-refractivity contribution < 1.29 is 0 Å². The van der Waals surface area contributed by atoms with Gasteiger partial charge in [0.15, 0.2) is 0 Å². The van der Waals surface area contributed by atoms with Crippen molar-refractivity contribution in [1.82, 2.24) is 4.57 Å². The van der Waals surface area contributed by atoms with Gasteiger partial charge in [0, 0.05) is 21.8 Å². The number of para-hydroxylation sites is 2. The first kappa shape index (κ1) is 14.6. The Hall–Kier alpha value is -3.58. The summed E-state index contributed by atoms with van der Waals surface area (Å²) in [5.74, 6) is 0. The zero-order chi connectivity index (χ0) is 17.8. The van der Waals surface area contributed by atoms with Gasteiger partial charge in [-0.25, -0.2) is 0 Å². The number of hydrogen-bond donors (Lipinski definition) is 0. The first-order valence-corrected chi connectivity index (χ1v) is 9.31. The maximum Gasteiger partial charge on any atom is 0.0625 e. The van der Waals surface area contributed by atoms with E-state index in [2.05, 4.69) is 108 Å². The van der Waals surface area contributed by atoms with E-state index < -0.39 is 0 Å². The molecule has 0 amide bonds. The summed E-state index contributed by atoms with van der Waals surface area (Å²) < 4.78 is 2.42. The molecule has 0 atom stereocenters. The van der Waals surface area contributed by atoms with Gasteiger partial charge < -0.3 is 4.57 Å².